The standard InChI is InChI=1S/C67H130O17P2/c1-7-10-12-14-16-17-18-24-27-31-38-44-50-65(70)78-56-62(83-66(71)51-45-39-32-28-25-22-20-19-21-23-26-30-35-41-47-59(4)5)57-81-85(73,74)79-53-61(68)54-80-86(75,76)82-58-63(55-77-64(69)49-43-37-29-15-13-11-8-2)84-67(72)52-46-40-34-33-36-42-48-60(6)9-3/h59-63,68H,7-58H2,1-6H3,(H,73,74)(H,75,76)/t60?,61-,62-,63-/m1/s1. The van der Waals surface area contributed by atoms with Crippen LogP contribution in [0.5, 0.6) is 0 Å². The molecule has 86 heavy (non-hydrogen) atoms. The third-order valence-corrected chi connectivity index (χ3v) is 17.7. The fraction of sp³-hybridized carbons (Fsp3) is 0.940. The van der Waals surface area contributed by atoms with Crippen LogP contribution in [0, 0.1) is 11.8 Å². The SMILES string of the molecule is CCCCCCCCCCCCCCC(=O)OC[C@H](COP(=O)(O)OC[C@@H](O)COP(=O)(O)OC[C@@H](COC(=O)CCCCCCCCC)OC(=O)CCCCCCCCC(C)CC)OC(=O)CCCCCCCCCCCCCCCCC(C)C. The van der Waals surface area contributed by atoms with E-state index >= 15 is 0 Å². The lowest BCUT2D eigenvalue weighted by Gasteiger charge is -2.21. The van der Waals surface area contributed by atoms with Crippen LogP contribution in [-0.4, -0.2) is 96.7 Å². The average molecular weight is 1270 g/mol. The van der Waals surface area contributed by atoms with Gasteiger partial charge >= 0.3 is 39.5 Å². The van der Waals surface area contributed by atoms with Gasteiger partial charge in [0.15, 0.2) is 12.2 Å². The maximum Gasteiger partial charge on any atom is 0.472 e. The van der Waals surface area contributed by atoms with Crippen LogP contribution in [0.4, 0.5) is 0 Å². The third-order valence-electron chi connectivity index (χ3n) is 15.8. The normalized spacial score (nSPS) is 14.5. The van der Waals surface area contributed by atoms with Gasteiger partial charge in [0.05, 0.1) is 26.4 Å². The molecule has 510 valence electrons. The van der Waals surface area contributed by atoms with Crippen LogP contribution >= 0.6 is 15.6 Å². The lowest BCUT2D eigenvalue weighted by Crippen LogP contribution is -2.30. The zero-order valence-corrected chi connectivity index (χ0v) is 57.4. The van der Waals surface area contributed by atoms with Crippen molar-refractivity contribution < 1.29 is 80.2 Å². The summed E-state index contributed by atoms with van der Waals surface area (Å²) in [7, 11) is -9.89. The van der Waals surface area contributed by atoms with E-state index in [1.54, 1.807) is 0 Å². The van der Waals surface area contributed by atoms with E-state index in [-0.39, 0.29) is 25.7 Å². The van der Waals surface area contributed by atoms with Crippen molar-refractivity contribution in [3.63, 3.8) is 0 Å². The molecule has 0 aromatic rings. The predicted molar refractivity (Wildman–Crippen MR) is 345 cm³/mol. The molecule has 0 fully saturated rings. The number of hydrogen-bond donors (Lipinski definition) is 3. The van der Waals surface area contributed by atoms with Gasteiger partial charge in [-0.05, 0) is 37.5 Å². The quantitative estimate of drug-likeness (QED) is 0.0222. The van der Waals surface area contributed by atoms with Crippen LogP contribution < -0.4 is 0 Å². The van der Waals surface area contributed by atoms with Crippen LogP contribution in [0.2, 0.25) is 0 Å². The maximum absolute atomic E-state index is 13.0. The fourth-order valence-corrected chi connectivity index (χ4v) is 11.6. The Morgan fingerprint density at radius 2 is 0.593 bits per heavy atom. The second-order valence-corrected chi connectivity index (χ2v) is 27.8. The van der Waals surface area contributed by atoms with Gasteiger partial charge in [-0.25, -0.2) is 9.13 Å². The van der Waals surface area contributed by atoms with Gasteiger partial charge in [-0.15, -0.1) is 0 Å². The number of carbonyl (C=O) groups excluding carboxylic acids is 4. The van der Waals surface area contributed by atoms with E-state index in [4.69, 9.17) is 37.0 Å². The minimum absolute atomic E-state index is 0.103. The highest BCUT2D eigenvalue weighted by atomic mass is 31.2. The van der Waals surface area contributed by atoms with Crippen molar-refractivity contribution in [1.29, 1.82) is 0 Å². The van der Waals surface area contributed by atoms with E-state index in [2.05, 4.69) is 41.5 Å². The highest BCUT2D eigenvalue weighted by Gasteiger charge is 2.30. The number of hydrogen-bond acceptors (Lipinski definition) is 15. The third kappa shape index (κ3) is 59.7. The Labute approximate surface area is 524 Å². The van der Waals surface area contributed by atoms with Gasteiger partial charge in [0.2, 0.25) is 0 Å². The Balaban J connectivity index is 5.20. The lowest BCUT2D eigenvalue weighted by molar-refractivity contribution is -0.161. The first-order chi connectivity index (χ1) is 41.4. The van der Waals surface area contributed by atoms with Gasteiger partial charge in [-0.1, -0.05) is 286 Å². The lowest BCUT2D eigenvalue weighted by atomic mass is 10.00. The second-order valence-electron chi connectivity index (χ2n) is 24.9. The van der Waals surface area contributed by atoms with Crippen LogP contribution in [0.3, 0.4) is 0 Å². The Morgan fingerprint density at radius 1 is 0.337 bits per heavy atom. The molecule has 0 aliphatic heterocycles. The molecule has 0 radical (unpaired) electrons. The van der Waals surface area contributed by atoms with Gasteiger partial charge in [0, 0.05) is 25.7 Å². The van der Waals surface area contributed by atoms with Crippen molar-refractivity contribution in [2.24, 2.45) is 11.8 Å². The summed E-state index contributed by atoms with van der Waals surface area (Å²) in [5, 5.41) is 10.5. The summed E-state index contributed by atoms with van der Waals surface area (Å²) in [6.07, 6.45) is 43.2. The number of unbranched alkanes of at least 4 members (excludes halogenated alkanes) is 35. The minimum Gasteiger partial charge on any atom is -0.462 e. The molecule has 0 heterocycles. The van der Waals surface area contributed by atoms with E-state index in [9.17, 15) is 43.2 Å². The van der Waals surface area contributed by atoms with Crippen LogP contribution in [0.15, 0.2) is 0 Å². The summed E-state index contributed by atoms with van der Waals surface area (Å²) < 4.78 is 68.0. The topological polar surface area (TPSA) is 237 Å². The molecule has 0 saturated heterocycles. The molecule has 0 saturated carbocycles. The zero-order valence-electron chi connectivity index (χ0n) is 55.6. The first-order valence-electron chi connectivity index (χ1n) is 35.0. The molecule has 6 atom stereocenters. The first-order valence-corrected chi connectivity index (χ1v) is 38.0. The summed E-state index contributed by atoms with van der Waals surface area (Å²) in [6, 6.07) is 0. The number of aliphatic hydroxyl groups excluding tert-OH is 1. The minimum atomic E-state index is -4.95. The molecular formula is C67H130O17P2. The number of phosphoric acid groups is 2. The van der Waals surface area contributed by atoms with Crippen LogP contribution in [0.25, 0.3) is 0 Å². The molecule has 0 aliphatic rings. The smallest absolute Gasteiger partial charge is 0.462 e. The highest BCUT2D eigenvalue weighted by molar-refractivity contribution is 7.47. The van der Waals surface area contributed by atoms with Crippen molar-refractivity contribution >= 4 is 39.5 Å². The highest BCUT2D eigenvalue weighted by Crippen LogP contribution is 2.45. The van der Waals surface area contributed by atoms with Crippen molar-refractivity contribution in [2.75, 3.05) is 39.6 Å². The summed E-state index contributed by atoms with van der Waals surface area (Å²) in [5.41, 5.74) is 0. The summed E-state index contributed by atoms with van der Waals surface area (Å²) >= 11 is 0. The predicted octanol–water partition coefficient (Wildman–Crippen LogP) is 18.8. The molecule has 0 aliphatic carbocycles. The molecule has 17 nitrogen and oxygen atoms in total. The summed E-state index contributed by atoms with van der Waals surface area (Å²) in [5.74, 6) is -0.619. The molecular weight excluding hydrogens is 1140 g/mol. The van der Waals surface area contributed by atoms with Crippen molar-refractivity contribution in [3.8, 4) is 0 Å². The number of esters is 4. The molecule has 0 bridgehead atoms. The van der Waals surface area contributed by atoms with E-state index < -0.39 is 97.5 Å². The number of rotatable bonds is 66. The number of aliphatic hydroxyl groups is 1. The molecule has 0 amide bonds. The van der Waals surface area contributed by atoms with Crippen molar-refractivity contribution in [2.45, 2.75) is 355 Å². The summed E-state index contributed by atoms with van der Waals surface area (Å²) in [4.78, 5) is 72.2. The molecule has 3 unspecified atom stereocenters. The van der Waals surface area contributed by atoms with Crippen molar-refractivity contribution in [3.05, 3.63) is 0 Å². The Bertz CT molecular complexity index is 1690. The first kappa shape index (κ1) is 84.1. The van der Waals surface area contributed by atoms with Gasteiger partial charge in [0.1, 0.15) is 19.3 Å². The fourth-order valence-electron chi connectivity index (χ4n) is 10.0. The monoisotopic (exact) mass is 1270 g/mol. The Kier molecular flexibility index (Phi) is 58.0. The van der Waals surface area contributed by atoms with E-state index in [1.807, 2.05) is 0 Å². The Hall–Kier alpha value is -1.94. The van der Waals surface area contributed by atoms with Crippen molar-refractivity contribution in [1.82, 2.24) is 0 Å². The van der Waals surface area contributed by atoms with Gasteiger partial charge < -0.3 is 33.8 Å². The van der Waals surface area contributed by atoms with Gasteiger partial charge in [0.25, 0.3) is 0 Å². The molecule has 3 N–H and O–H groups in total. The molecule has 0 aromatic carbocycles. The number of carbonyl (C=O) groups is 4. The van der Waals surface area contributed by atoms with Gasteiger partial charge in [-0.3, -0.25) is 37.3 Å². The van der Waals surface area contributed by atoms with E-state index in [1.165, 1.54) is 141 Å². The van der Waals surface area contributed by atoms with Crippen LogP contribution in [0.1, 0.15) is 337 Å². The Morgan fingerprint density at radius 3 is 0.884 bits per heavy atom. The largest absolute Gasteiger partial charge is 0.472 e. The van der Waals surface area contributed by atoms with E-state index in [0.29, 0.717) is 25.7 Å². The molecule has 0 aromatic heterocycles. The maximum atomic E-state index is 13.0. The molecule has 0 spiro atoms. The number of phosphoric ester groups is 2. The molecule has 0 rings (SSSR count). The molecule has 19 heteroatoms. The number of ether oxygens (including phenoxy) is 4. The second kappa shape index (κ2) is 59.4. The average Bonchev–Trinajstić information content (AvgIpc) is 3.55. The van der Waals surface area contributed by atoms with E-state index in [0.717, 1.165) is 115 Å². The van der Waals surface area contributed by atoms with Gasteiger partial charge in [-0.2, -0.15) is 0 Å². The zero-order chi connectivity index (χ0) is 63.6. The van der Waals surface area contributed by atoms with Crippen LogP contribution in [-0.2, 0) is 65.4 Å². The summed E-state index contributed by atoms with van der Waals surface area (Å²) in [6.45, 7) is 9.45.